The summed E-state index contributed by atoms with van der Waals surface area (Å²) in [6, 6.07) is 9.11. The van der Waals surface area contributed by atoms with Gasteiger partial charge in [-0.05, 0) is 18.2 Å². The monoisotopic (exact) mass is 218 g/mol. The number of hydrogen-bond donors (Lipinski definition) is 1. The SMILES string of the molecule is N#Cc1cn(-c2cccc(Cl)c2)nc1N. The van der Waals surface area contributed by atoms with E-state index in [0.29, 0.717) is 10.6 Å². The fourth-order valence-corrected chi connectivity index (χ4v) is 1.41. The van der Waals surface area contributed by atoms with Gasteiger partial charge in [0.1, 0.15) is 11.6 Å². The molecule has 0 fully saturated rings. The summed E-state index contributed by atoms with van der Waals surface area (Å²) in [5.74, 6) is 0.220. The predicted octanol–water partition coefficient (Wildman–Crippen LogP) is 1.98. The van der Waals surface area contributed by atoms with Gasteiger partial charge < -0.3 is 5.73 Å². The minimum atomic E-state index is 0.220. The van der Waals surface area contributed by atoms with Crippen LogP contribution in [0.1, 0.15) is 5.56 Å². The molecule has 0 radical (unpaired) electrons. The van der Waals surface area contributed by atoms with Crippen molar-refractivity contribution in [2.45, 2.75) is 0 Å². The second kappa shape index (κ2) is 3.64. The molecule has 2 rings (SSSR count). The Morgan fingerprint density at radius 2 is 2.27 bits per heavy atom. The first kappa shape index (κ1) is 9.56. The molecule has 1 heterocycles. The van der Waals surface area contributed by atoms with Gasteiger partial charge in [-0.1, -0.05) is 17.7 Å². The van der Waals surface area contributed by atoms with Crippen LogP contribution < -0.4 is 5.73 Å². The smallest absolute Gasteiger partial charge is 0.163 e. The molecule has 2 N–H and O–H groups in total. The quantitative estimate of drug-likeness (QED) is 0.796. The molecule has 0 amide bonds. The molecule has 0 bridgehead atoms. The topological polar surface area (TPSA) is 67.6 Å². The molecule has 4 nitrogen and oxygen atoms in total. The third kappa shape index (κ3) is 1.78. The molecule has 2 aromatic rings. The lowest BCUT2D eigenvalue weighted by molar-refractivity contribution is 0.886. The van der Waals surface area contributed by atoms with Crippen LogP contribution in [-0.2, 0) is 0 Å². The van der Waals surface area contributed by atoms with Gasteiger partial charge in [0.25, 0.3) is 0 Å². The largest absolute Gasteiger partial charge is 0.381 e. The standard InChI is InChI=1S/C10H7ClN4/c11-8-2-1-3-9(4-8)15-6-7(5-12)10(13)14-15/h1-4,6H,(H2,13,14). The Morgan fingerprint density at radius 3 is 2.87 bits per heavy atom. The first-order valence-corrected chi connectivity index (χ1v) is 4.59. The van der Waals surface area contributed by atoms with E-state index in [1.54, 1.807) is 18.3 Å². The van der Waals surface area contributed by atoms with Crippen molar-refractivity contribution in [1.29, 1.82) is 5.26 Å². The predicted molar refractivity (Wildman–Crippen MR) is 57.7 cm³/mol. The van der Waals surface area contributed by atoms with Gasteiger partial charge in [-0.3, -0.25) is 0 Å². The molecule has 1 aromatic carbocycles. The average molecular weight is 219 g/mol. The van der Waals surface area contributed by atoms with Crippen molar-refractivity contribution >= 4 is 17.4 Å². The van der Waals surface area contributed by atoms with Crippen LogP contribution in [0.2, 0.25) is 5.02 Å². The Kier molecular flexibility index (Phi) is 2.32. The number of aromatic nitrogens is 2. The third-order valence-corrected chi connectivity index (χ3v) is 2.17. The fraction of sp³-hybridized carbons (Fsp3) is 0. The van der Waals surface area contributed by atoms with E-state index in [4.69, 9.17) is 22.6 Å². The van der Waals surface area contributed by atoms with Gasteiger partial charge in [-0.15, -0.1) is 5.10 Å². The number of nitrogens with zero attached hydrogens (tertiary/aromatic N) is 3. The molecule has 0 aliphatic heterocycles. The van der Waals surface area contributed by atoms with Crippen LogP contribution in [0.3, 0.4) is 0 Å². The number of anilines is 1. The summed E-state index contributed by atoms with van der Waals surface area (Å²) >= 11 is 5.84. The summed E-state index contributed by atoms with van der Waals surface area (Å²) < 4.78 is 1.53. The first-order valence-electron chi connectivity index (χ1n) is 4.22. The second-order valence-electron chi connectivity index (χ2n) is 2.96. The van der Waals surface area contributed by atoms with Crippen molar-refractivity contribution in [3.8, 4) is 11.8 Å². The molecule has 74 valence electrons. The molecule has 0 saturated heterocycles. The maximum Gasteiger partial charge on any atom is 0.163 e. The molecule has 0 atom stereocenters. The van der Waals surface area contributed by atoms with Gasteiger partial charge in [0, 0.05) is 5.02 Å². The lowest BCUT2D eigenvalue weighted by atomic mass is 10.3. The molecule has 0 saturated carbocycles. The highest BCUT2D eigenvalue weighted by Crippen LogP contribution is 2.16. The van der Waals surface area contributed by atoms with Crippen LogP contribution in [0.5, 0.6) is 0 Å². The van der Waals surface area contributed by atoms with E-state index in [9.17, 15) is 0 Å². The van der Waals surface area contributed by atoms with Gasteiger partial charge >= 0.3 is 0 Å². The maximum atomic E-state index is 8.72. The number of halogens is 1. The van der Waals surface area contributed by atoms with Gasteiger partial charge in [-0.2, -0.15) is 5.26 Å². The molecule has 0 spiro atoms. The minimum Gasteiger partial charge on any atom is -0.381 e. The van der Waals surface area contributed by atoms with Crippen molar-refractivity contribution < 1.29 is 0 Å². The normalized spacial score (nSPS) is 9.87. The third-order valence-electron chi connectivity index (χ3n) is 1.94. The van der Waals surface area contributed by atoms with E-state index in [1.807, 2.05) is 18.2 Å². The van der Waals surface area contributed by atoms with E-state index in [1.165, 1.54) is 4.68 Å². The van der Waals surface area contributed by atoms with E-state index < -0.39 is 0 Å². The summed E-state index contributed by atoms with van der Waals surface area (Å²) in [6.07, 6.45) is 1.57. The van der Waals surface area contributed by atoms with Gasteiger partial charge in [0.15, 0.2) is 5.82 Å². The average Bonchev–Trinajstić information content (AvgIpc) is 2.60. The molecule has 5 heteroatoms. The van der Waals surface area contributed by atoms with Crippen molar-refractivity contribution in [2.75, 3.05) is 5.73 Å². The number of rotatable bonds is 1. The zero-order valence-corrected chi connectivity index (χ0v) is 8.44. The highest BCUT2D eigenvalue weighted by Gasteiger charge is 2.05. The summed E-state index contributed by atoms with van der Waals surface area (Å²) in [5.41, 5.74) is 6.67. The summed E-state index contributed by atoms with van der Waals surface area (Å²) in [4.78, 5) is 0. The van der Waals surface area contributed by atoms with Crippen LogP contribution in [0.4, 0.5) is 5.82 Å². The Balaban J connectivity index is 2.51. The van der Waals surface area contributed by atoms with Crippen molar-refractivity contribution in [1.82, 2.24) is 9.78 Å². The van der Waals surface area contributed by atoms with Gasteiger partial charge in [0.05, 0.1) is 11.9 Å². The second-order valence-corrected chi connectivity index (χ2v) is 3.40. The lowest BCUT2D eigenvalue weighted by Gasteiger charge is -2.00. The maximum absolute atomic E-state index is 8.72. The molecule has 0 unspecified atom stereocenters. The Labute approximate surface area is 91.5 Å². The van der Waals surface area contributed by atoms with Crippen LogP contribution in [-0.4, -0.2) is 9.78 Å². The zero-order chi connectivity index (χ0) is 10.8. The van der Waals surface area contributed by atoms with E-state index in [0.717, 1.165) is 5.69 Å². The Bertz CT molecular complexity index is 539. The van der Waals surface area contributed by atoms with Crippen molar-refractivity contribution in [2.24, 2.45) is 0 Å². The number of nitrogen functional groups attached to an aromatic ring is 1. The van der Waals surface area contributed by atoms with Crippen LogP contribution in [0, 0.1) is 11.3 Å². The van der Waals surface area contributed by atoms with Crippen LogP contribution >= 0.6 is 11.6 Å². The number of hydrogen-bond acceptors (Lipinski definition) is 3. The first-order chi connectivity index (χ1) is 7.20. The molecule has 0 aliphatic rings. The summed E-state index contributed by atoms with van der Waals surface area (Å²) in [5, 5.41) is 13.3. The number of nitrogens with two attached hydrogens (primary N) is 1. The minimum absolute atomic E-state index is 0.220. The highest BCUT2D eigenvalue weighted by molar-refractivity contribution is 6.30. The fourth-order valence-electron chi connectivity index (χ4n) is 1.22. The van der Waals surface area contributed by atoms with Crippen LogP contribution in [0.15, 0.2) is 30.5 Å². The number of nitriles is 1. The molecular weight excluding hydrogens is 212 g/mol. The van der Waals surface area contributed by atoms with Gasteiger partial charge in [-0.25, -0.2) is 4.68 Å². The lowest BCUT2D eigenvalue weighted by Crippen LogP contribution is -1.95. The molecular formula is C10H7ClN4. The van der Waals surface area contributed by atoms with Crippen molar-refractivity contribution in [3.05, 3.63) is 41.0 Å². The molecule has 0 aliphatic carbocycles. The summed E-state index contributed by atoms with van der Waals surface area (Å²) in [7, 11) is 0. The van der Waals surface area contributed by atoms with Crippen LogP contribution in [0.25, 0.3) is 5.69 Å². The highest BCUT2D eigenvalue weighted by atomic mass is 35.5. The zero-order valence-electron chi connectivity index (χ0n) is 7.68. The van der Waals surface area contributed by atoms with Crippen molar-refractivity contribution in [3.63, 3.8) is 0 Å². The Morgan fingerprint density at radius 1 is 1.47 bits per heavy atom. The van der Waals surface area contributed by atoms with E-state index >= 15 is 0 Å². The Hall–Kier alpha value is -1.99. The van der Waals surface area contributed by atoms with E-state index in [-0.39, 0.29) is 5.82 Å². The number of benzene rings is 1. The molecule has 15 heavy (non-hydrogen) atoms. The van der Waals surface area contributed by atoms with E-state index in [2.05, 4.69) is 5.10 Å². The molecule has 1 aromatic heterocycles. The summed E-state index contributed by atoms with van der Waals surface area (Å²) in [6.45, 7) is 0. The van der Waals surface area contributed by atoms with Gasteiger partial charge in [0.2, 0.25) is 0 Å².